The molecule has 0 unspecified atom stereocenters. The van der Waals surface area contributed by atoms with E-state index in [9.17, 15) is 14.4 Å². The lowest BCUT2D eigenvalue weighted by Crippen LogP contribution is -2.30. The molecule has 0 atom stereocenters. The molecule has 26 heavy (non-hydrogen) atoms. The Labute approximate surface area is 165 Å². The van der Waals surface area contributed by atoms with Gasteiger partial charge in [-0.2, -0.15) is 0 Å². The summed E-state index contributed by atoms with van der Waals surface area (Å²) in [4.78, 5) is 37.8. The van der Waals surface area contributed by atoms with Gasteiger partial charge in [0, 0.05) is 22.2 Å². The first kappa shape index (κ1) is 18.6. The predicted octanol–water partition coefficient (Wildman–Crippen LogP) is 4.09. The molecular formula is C20H19IN2O3. The summed E-state index contributed by atoms with van der Waals surface area (Å²) in [6.07, 6.45) is 2.63. The van der Waals surface area contributed by atoms with E-state index in [4.69, 9.17) is 0 Å². The first-order valence-corrected chi connectivity index (χ1v) is 9.65. The van der Waals surface area contributed by atoms with E-state index < -0.39 is 0 Å². The minimum absolute atomic E-state index is 0.0206. The van der Waals surface area contributed by atoms with Crippen molar-refractivity contribution >= 4 is 46.0 Å². The van der Waals surface area contributed by atoms with Crippen molar-refractivity contribution < 1.29 is 14.4 Å². The van der Waals surface area contributed by atoms with Crippen LogP contribution in [0.15, 0.2) is 48.5 Å². The highest BCUT2D eigenvalue weighted by molar-refractivity contribution is 14.1. The molecule has 1 aliphatic rings. The van der Waals surface area contributed by atoms with Crippen LogP contribution in [0.4, 0.5) is 5.69 Å². The smallest absolute Gasteiger partial charge is 0.261 e. The predicted molar refractivity (Wildman–Crippen MR) is 108 cm³/mol. The Kier molecular flexibility index (Phi) is 6.03. The van der Waals surface area contributed by atoms with Gasteiger partial charge in [0.05, 0.1) is 11.1 Å². The number of amides is 3. The highest BCUT2D eigenvalue weighted by atomic mass is 127. The Morgan fingerprint density at radius 2 is 1.62 bits per heavy atom. The number of unbranched alkanes of at least 4 members (excludes halogenated alkanes) is 2. The maximum Gasteiger partial charge on any atom is 0.261 e. The molecule has 0 fully saturated rings. The second-order valence-electron chi connectivity index (χ2n) is 6.18. The zero-order valence-corrected chi connectivity index (χ0v) is 16.4. The Bertz CT molecular complexity index is 815. The number of imide groups is 1. The summed E-state index contributed by atoms with van der Waals surface area (Å²) < 4.78 is 1.07. The van der Waals surface area contributed by atoms with Gasteiger partial charge in [0.25, 0.3) is 11.8 Å². The van der Waals surface area contributed by atoms with Crippen LogP contribution in [0.25, 0.3) is 0 Å². The molecule has 2 aromatic rings. The lowest BCUT2D eigenvalue weighted by molar-refractivity contribution is -0.116. The fourth-order valence-electron chi connectivity index (χ4n) is 2.96. The minimum atomic E-state index is -0.220. The molecule has 0 bridgehead atoms. The number of carbonyl (C=O) groups excluding carboxylic acids is 3. The molecule has 3 amide bonds. The topological polar surface area (TPSA) is 66.5 Å². The van der Waals surface area contributed by atoms with E-state index in [1.807, 2.05) is 24.3 Å². The molecule has 0 aromatic heterocycles. The molecular weight excluding hydrogens is 443 g/mol. The third kappa shape index (κ3) is 4.30. The van der Waals surface area contributed by atoms with Gasteiger partial charge in [-0.1, -0.05) is 24.6 Å². The Morgan fingerprint density at radius 1 is 0.923 bits per heavy atom. The number of benzene rings is 2. The van der Waals surface area contributed by atoms with E-state index in [1.54, 1.807) is 24.3 Å². The van der Waals surface area contributed by atoms with Crippen LogP contribution < -0.4 is 5.32 Å². The van der Waals surface area contributed by atoms with Crippen LogP contribution in [0.2, 0.25) is 0 Å². The van der Waals surface area contributed by atoms with Gasteiger partial charge in [-0.3, -0.25) is 19.3 Å². The summed E-state index contributed by atoms with van der Waals surface area (Å²) in [5.41, 5.74) is 1.76. The first-order valence-electron chi connectivity index (χ1n) is 8.57. The van der Waals surface area contributed by atoms with Crippen molar-refractivity contribution in [2.75, 3.05) is 11.9 Å². The lowest BCUT2D eigenvalue weighted by atomic mass is 10.1. The monoisotopic (exact) mass is 462 g/mol. The number of nitrogens with zero attached hydrogens (tertiary/aromatic N) is 1. The van der Waals surface area contributed by atoms with Crippen molar-refractivity contribution in [2.45, 2.75) is 25.7 Å². The molecule has 0 spiro atoms. The van der Waals surface area contributed by atoms with Crippen molar-refractivity contribution in [1.82, 2.24) is 4.90 Å². The van der Waals surface area contributed by atoms with Gasteiger partial charge in [0.1, 0.15) is 0 Å². The normalized spacial score (nSPS) is 13.0. The van der Waals surface area contributed by atoms with Crippen LogP contribution >= 0.6 is 22.6 Å². The van der Waals surface area contributed by atoms with Crippen LogP contribution in [0, 0.1) is 3.57 Å². The molecule has 1 aliphatic heterocycles. The molecule has 0 saturated carbocycles. The molecule has 0 radical (unpaired) electrons. The molecule has 5 nitrogen and oxygen atoms in total. The highest BCUT2D eigenvalue weighted by Gasteiger charge is 2.34. The summed E-state index contributed by atoms with van der Waals surface area (Å²) in [7, 11) is 0. The molecule has 2 aromatic carbocycles. The van der Waals surface area contributed by atoms with Crippen LogP contribution in [0.3, 0.4) is 0 Å². The van der Waals surface area contributed by atoms with Crippen molar-refractivity contribution in [3.05, 3.63) is 63.2 Å². The van der Waals surface area contributed by atoms with E-state index >= 15 is 0 Å². The number of hydrogen-bond donors (Lipinski definition) is 1. The maximum atomic E-state index is 12.3. The summed E-state index contributed by atoms with van der Waals surface area (Å²) >= 11 is 2.20. The van der Waals surface area contributed by atoms with Gasteiger partial charge in [0.15, 0.2) is 0 Å². The number of rotatable bonds is 7. The molecule has 6 heteroatoms. The van der Waals surface area contributed by atoms with E-state index in [-0.39, 0.29) is 17.7 Å². The van der Waals surface area contributed by atoms with Gasteiger partial charge < -0.3 is 5.32 Å². The fraction of sp³-hybridized carbons (Fsp3) is 0.250. The van der Waals surface area contributed by atoms with E-state index in [0.717, 1.165) is 22.1 Å². The van der Waals surface area contributed by atoms with Crippen molar-refractivity contribution in [2.24, 2.45) is 0 Å². The number of carbonyl (C=O) groups is 3. The zero-order valence-electron chi connectivity index (χ0n) is 14.2. The summed E-state index contributed by atoms with van der Waals surface area (Å²) in [6, 6.07) is 14.5. The zero-order chi connectivity index (χ0) is 18.5. The molecule has 0 aliphatic carbocycles. The van der Waals surface area contributed by atoms with Crippen molar-refractivity contribution in [1.29, 1.82) is 0 Å². The van der Waals surface area contributed by atoms with Gasteiger partial charge in [-0.15, -0.1) is 0 Å². The standard InChI is InChI=1S/C20H19IN2O3/c21-14-7-6-8-15(13-14)22-18(24)11-2-1-5-12-23-19(25)16-9-3-4-10-17(16)20(23)26/h3-4,6-10,13H,1-2,5,11-12H2,(H,22,24). The van der Waals surface area contributed by atoms with Crippen molar-refractivity contribution in [3.8, 4) is 0 Å². The average molecular weight is 462 g/mol. The number of anilines is 1. The SMILES string of the molecule is O=C(CCCCCN1C(=O)c2ccccc2C1=O)Nc1cccc(I)c1. The van der Waals surface area contributed by atoms with Crippen LogP contribution in [0.5, 0.6) is 0 Å². The second kappa shape index (κ2) is 8.44. The second-order valence-corrected chi connectivity index (χ2v) is 7.42. The number of nitrogens with one attached hydrogen (secondary N) is 1. The quantitative estimate of drug-likeness (QED) is 0.383. The summed E-state index contributed by atoms with van der Waals surface area (Å²) in [5.74, 6) is -0.461. The third-order valence-electron chi connectivity index (χ3n) is 4.27. The van der Waals surface area contributed by atoms with Gasteiger partial charge in [-0.05, 0) is 65.8 Å². The molecule has 1 N–H and O–H groups in total. The Hall–Kier alpha value is -2.22. The fourth-order valence-corrected chi connectivity index (χ4v) is 3.51. The van der Waals surface area contributed by atoms with Crippen molar-refractivity contribution in [3.63, 3.8) is 0 Å². The van der Waals surface area contributed by atoms with Crippen LogP contribution in [0.1, 0.15) is 46.4 Å². The Balaban J connectivity index is 1.39. The first-order chi connectivity index (χ1) is 12.6. The van der Waals surface area contributed by atoms with Gasteiger partial charge in [0.2, 0.25) is 5.91 Å². The third-order valence-corrected chi connectivity index (χ3v) is 4.94. The summed E-state index contributed by atoms with van der Waals surface area (Å²) in [6.45, 7) is 0.394. The number of hydrogen-bond acceptors (Lipinski definition) is 3. The molecule has 0 saturated heterocycles. The number of fused-ring (bicyclic) bond motifs is 1. The maximum absolute atomic E-state index is 12.3. The highest BCUT2D eigenvalue weighted by Crippen LogP contribution is 2.22. The van der Waals surface area contributed by atoms with Gasteiger partial charge in [-0.25, -0.2) is 0 Å². The molecule has 1 heterocycles. The number of halogens is 1. The Morgan fingerprint density at radius 3 is 2.27 bits per heavy atom. The average Bonchev–Trinajstić information content (AvgIpc) is 2.86. The molecule has 134 valence electrons. The van der Waals surface area contributed by atoms with Gasteiger partial charge >= 0.3 is 0 Å². The van der Waals surface area contributed by atoms with E-state index in [0.29, 0.717) is 30.5 Å². The minimum Gasteiger partial charge on any atom is -0.326 e. The van der Waals surface area contributed by atoms with E-state index in [1.165, 1.54) is 4.90 Å². The lowest BCUT2D eigenvalue weighted by Gasteiger charge is -2.13. The largest absolute Gasteiger partial charge is 0.326 e. The van der Waals surface area contributed by atoms with Crippen LogP contribution in [-0.2, 0) is 4.79 Å². The molecule has 3 rings (SSSR count). The van der Waals surface area contributed by atoms with Crippen LogP contribution in [-0.4, -0.2) is 29.2 Å². The van der Waals surface area contributed by atoms with E-state index in [2.05, 4.69) is 27.9 Å². The summed E-state index contributed by atoms with van der Waals surface area (Å²) in [5, 5.41) is 2.88.